The maximum Gasteiger partial charge on any atom is 0.258 e. The van der Waals surface area contributed by atoms with Crippen LogP contribution < -0.4 is 5.32 Å². The van der Waals surface area contributed by atoms with Gasteiger partial charge in [-0.15, -0.1) is 11.3 Å². The van der Waals surface area contributed by atoms with Crippen molar-refractivity contribution in [2.45, 2.75) is 6.42 Å². The van der Waals surface area contributed by atoms with E-state index in [1.54, 1.807) is 11.3 Å². The van der Waals surface area contributed by atoms with E-state index in [2.05, 4.69) is 27.6 Å². The number of hydrogen-bond donors (Lipinski definition) is 1. The van der Waals surface area contributed by atoms with Crippen LogP contribution in [0, 0.1) is 0 Å². The minimum atomic E-state index is 0.569. The fraction of sp³-hybridized carbons (Fsp3) is 0.143. The van der Waals surface area contributed by atoms with Crippen LogP contribution in [0.2, 0.25) is 0 Å². The van der Waals surface area contributed by atoms with Gasteiger partial charge in [-0.05, 0) is 35.6 Å². The molecule has 0 saturated heterocycles. The van der Waals surface area contributed by atoms with Crippen molar-refractivity contribution in [2.75, 3.05) is 11.9 Å². The molecule has 0 spiro atoms. The van der Waals surface area contributed by atoms with Crippen LogP contribution in [-0.4, -0.2) is 16.7 Å². The summed E-state index contributed by atoms with van der Waals surface area (Å²) < 4.78 is 5.35. The standard InChI is InChI=1S/C14H11N3OS/c1-2-12(19-7-1)13-16-14(18-17-13)10-4-3-9-5-6-15-11(9)8-10/h1-4,7-8,15H,5-6H2. The van der Waals surface area contributed by atoms with Gasteiger partial charge in [0.2, 0.25) is 5.82 Å². The number of rotatable bonds is 2. The lowest BCUT2D eigenvalue weighted by Gasteiger charge is -2.00. The fourth-order valence-electron chi connectivity index (χ4n) is 2.27. The molecule has 0 saturated carbocycles. The van der Waals surface area contributed by atoms with Crippen LogP contribution in [0.3, 0.4) is 0 Å². The third kappa shape index (κ3) is 1.82. The topological polar surface area (TPSA) is 51.0 Å². The molecule has 94 valence electrons. The zero-order valence-corrected chi connectivity index (χ0v) is 10.9. The van der Waals surface area contributed by atoms with E-state index >= 15 is 0 Å². The predicted octanol–water partition coefficient (Wildman–Crippen LogP) is 3.43. The first-order valence-electron chi connectivity index (χ1n) is 6.15. The maximum absolute atomic E-state index is 5.35. The van der Waals surface area contributed by atoms with Crippen LogP contribution in [-0.2, 0) is 6.42 Å². The van der Waals surface area contributed by atoms with Gasteiger partial charge in [0.05, 0.1) is 4.88 Å². The van der Waals surface area contributed by atoms with E-state index in [1.807, 2.05) is 23.6 Å². The van der Waals surface area contributed by atoms with Crippen LogP contribution in [0.15, 0.2) is 40.2 Å². The molecule has 19 heavy (non-hydrogen) atoms. The van der Waals surface area contributed by atoms with Crippen LogP contribution in [0.4, 0.5) is 5.69 Å². The van der Waals surface area contributed by atoms with E-state index in [0.29, 0.717) is 11.7 Å². The Labute approximate surface area is 114 Å². The quantitative estimate of drug-likeness (QED) is 0.774. The summed E-state index contributed by atoms with van der Waals surface area (Å²) in [5.74, 6) is 1.22. The highest BCUT2D eigenvalue weighted by Crippen LogP contribution is 2.30. The third-order valence-corrected chi connectivity index (χ3v) is 4.10. The van der Waals surface area contributed by atoms with Crippen molar-refractivity contribution in [3.05, 3.63) is 41.3 Å². The number of benzene rings is 1. The van der Waals surface area contributed by atoms with Crippen molar-refractivity contribution in [1.82, 2.24) is 10.1 Å². The Morgan fingerprint density at radius 2 is 2.26 bits per heavy atom. The molecule has 0 fully saturated rings. The Morgan fingerprint density at radius 3 is 3.16 bits per heavy atom. The molecule has 2 aromatic heterocycles. The summed E-state index contributed by atoms with van der Waals surface area (Å²) in [6.07, 6.45) is 1.08. The number of thiophene rings is 1. The fourth-order valence-corrected chi connectivity index (χ4v) is 2.92. The second kappa shape index (κ2) is 4.20. The van der Waals surface area contributed by atoms with Crippen LogP contribution in [0.25, 0.3) is 22.2 Å². The molecule has 3 aromatic rings. The summed E-state index contributed by atoms with van der Waals surface area (Å²) >= 11 is 1.61. The van der Waals surface area contributed by atoms with Crippen molar-refractivity contribution >= 4 is 17.0 Å². The second-order valence-corrected chi connectivity index (χ2v) is 5.40. The number of hydrogen-bond acceptors (Lipinski definition) is 5. The highest BCUT2D eigenvalue weighted by Gasteiger charge is 2.15. The average molecular weight is 269 g/mol. The van der Waals surface area contributed by atoms with Gasteiger partial charge < -0.3 is 9.84 Å². The van der Waals surface area contributed by atoms with Gasteiger partial charge in [-0.3, -0.25) is 0 Å². The largest absolute Gasteiger partial charge is 0.384 e. The van der Waals surface area contributed by atoms with Gasteiger partial charge in [0.1, 0.15) is 0 Å². The molecule has 1 N–H and O–H groups in total. The third-order valence-electron chi connectivity index (χ3n) is 3.23. The zero-order valence-electron chi connectivity index (χ0n) is 10.1. The molecule has 0 unspecified atom stereocenters. The second-order valence-electron chi connectivity index (χ2n) is 4.45. The van der Waals surface area contributed by atoms with Crippen molar-refractivity contribution in [3.8, 4) is 22.2 Å². The molecule has 5 heteroatoms. The molecule has 0 radical (unpaired) electrons. The molecule has 3 heterocycles. The maximum atomic E-state index is 5.35. The van der Waals surface area contributed by atoms with E-state index in [4.69, 9.17) is 4.52 Å². The number of fused-ring (bicyclic) bond motifs is 1. The van der Waals surface area contributed by atoms with Gasteiger partial charge in [0.15, 0.2) is 0 Å². The summed E-state index contributed by atoms with van der Waals surface area (Å²) in [5, 5.41) is 9.39. The van der Waals surface area contributed by atoms with Crippen LogP contribution in [0.5, 0.6) is 0 Å². The molecule has 1 aromatic carbocycles. The highest BCUT2D eigenvalue weighted by molar-refractivity contribution is 7.13. The highest BCUT2D eigenvalue weighted by atomic mass is 32.1. The molecular weight excluding hydrogens is 258 g/mol. The monoisotopic (exact) mass is 269 g/mol. The summed E-state index contributed by atoms with van der Waals surface area (Å²) in [5.41, 5.74) is 3.48. The van der Waals surface area contributed by atoms with Crippen molar-refractivity contribution < 1.29 is 4.52 Å². The Kier molecular flexibility index (Phi) is 2.38. The summed E-state index contributed by atoms with van der Waals surface area (Å²) in [7, 11) is 0. The Balaban J connectivity index is 1.73. The van der Waals surface area contributed by atoms with Crippen LogP contribution >= 0.6 is 11.3 Å². The number of nitrogens with one attached hydrogen (secondary N) is 1. The molecule has 0 aliphatic carbocycles. The smallest absolute Gasteiger partial charge is 0.258 e. The lowest BCUT2D eigenvalue weighted by molar-refractivity contribution is 0.432. The van der Waals surface area contributed by atoms with Gasteiger partial charge in [-0.1, -0.05) is 17.3 Å². The van der Waals surface area contributed by atoms with E-state index < -0.39 is 0 Å². The molecule has 0 amide bonds. The summed E-state index contributed by atoms with van der Waals surface area (Å²) in [4.78, 5) is 5.48. The lowest BCUT2D eigenvalue weighted by atomic mass is 10.1. The van der Waals surface area contributed by atoms with E-state index in [-0.39, 0.29) is 0 Å². The first kappa shape index (κ1) is 10.8. The Hall–Kier alpha value is -2.14. The van der Waals surface area contributed by atoms with Gasteiger partial charge in [0.25, 0.3) is 5.89 Å². The summed E-state index contributed by atoms with van der Waals surface area (Å²) in [6, 6.07) is 10.2. The lowest BCUT2D eigenvalue weighted by Crippen LogP contribution is -1.91. The van der Waals surface area contributed by atoms with Crippen molar-refractivity contribution in [2.24, 2.45) is 0 Å². The Bertz CT molecular complexity index is 718. The predicted molar refractivity (Wildman–Crippen MR) is 75.2 cm³/mol. The first-order valence-corrected chi connectivity index (χ1v) is 7.03. The normalized spacial score (nSPS) is 13.3. The van der Waals surface area contributed by atoms with E-state index in [0.717, 1.165) is 23.4 Å². The number of anilines is 1. The minimum Gasteiger partial charge on any atom is -0.384 e. The number of nitrogens with zero attached hydrogens (tertiary/aromatic N) is 2. The van der Waals surface area contributed by atoms with Crippen molar-refractivity contribution in [3.63, 3.8) is 0 Å². The molecular formula is C14H11N3OS. The minimum absolute atomic E-state index is 0.569. The van der Waals surface area contributed by atoms with E-state index in [1.165, 1.54) is 11.3 Å². The Morgan fingerprint density at radius 1 is 1.26 bits per heavy atom. The zero-order chi connectivity index (χ0) is 12.7. The van der Waals surface area contributed by atoms with Gasteiger partial charge in [-0.2, -0.15) is 4.98 Å². The van der Waals surface area contributed by atoms with Crippen molar-refractivity contribution in [1.29, 1.82) is 0 Å². The molecule has 0 bridgehead atoms. The molecule has 4 rings (SSSR count). The van der Waals surface area contributed by atoms with Crippen LogP contribution in [0.1, 0.15) is 5.56 Å². The van der Waals surface area contributed by atoms with Gasteiger partial charge >= 0.3 is 0 Å². The summed E-state index contributed by atoms with van der Waals surface area (Å²) in [6.45, 7) is 1.00. The molecule has 4 nitrogen and oxygen atoms in total. The van der Waals surface area contributed by atoms with Gasteiger partial charge in [0, 0.05) is 17.8 Å². The average Bonchev–Trinajstić information content (AvgIpc) is 3.18. The SMILES string of the molecule is c1csc(-c2noc(-c3ccc4c(c3)NCC4)n2)c1. The molecule has 1 aliphatic rings. The molecule has 0 atom stereocenters. The number of aromatic nitrogens is 2. The van der Waals surface area contributed by atoms with E-state index in [9.17, 15) is 0 Å². The molecule has 1 aliphatic heterocycles. The first-order chi connectivity index (χ1) is 9.40. The van der Waals surface area contributed by atoms with Gasteiger partial charge in [-0.25, -0.2) is 0 Å².